The molecule has 8 aliphatic rings. The molecule has 0 N–H and O–H groups in total. The van der Waals surface area contributed by atoms with E-state index in [1.54, 1.807) is 0 Å². The number of hydrogen-bond donors (Lipinski definition) is 0. The maximum Gasteiger partial charge on any atom is 0.271 e. The Kier molecular flexibility index (Phi) is 20.0. The second kappa shape index (κ2) is 30.2. The summed E-state index contributed by atoms with van der Waals surface area (Å²) in [6.07, 6.45) is 5.53. The van der Waals surface area contributed by atoms with Crippen molar-refractivity contribution in [1.29, 1.82) is 0 Å². The summed E-state index contributed by atoms with van der Waals surface area (Å²) in [5, 5.41) is 33.4. The van der Waals surface area contributed by atoms with E-state index in [4.69, 9.17) is 0 Å². The Hall–Kier alpha value is -15.4. The highest BCUT2D eigenvalue weighted by molar-refractivity contribution is 6.25. The average Bonchev–Trinajstić information content (AvgIpc) is 1.60. The van der Waals surface area contributed by atoms with E-state index in [2.05, 4.69) is 176 Å². The van der Waals surface area contributed by atoms with Gasteiger partial charge >= 0.3 is 0 Å². The van der Waals surface area contributed by atoms with Crippen LogP contribution in [0.5, 0.6) is 0 Å². The Morgan fingerprint density at radius 3 is 0.562 bits per heavy atom. The third kappa shape index (κ3) is 12.0. The van der Waals surface area contributed by atoms with Gasteiger partial charge in [-0.1, -0.05) is 14.9 Å². The zero-order valence-electron chi connectivity index (χ0n) is 73.7. The smallest absolute Gasteiger partial charge is 0.271 e. The summed E-state index contributed by atoms with van der Waals surface area (Å²) < 4.78 is 5.33. The van der Waals surface area contributed by atoms with Gasteiger partial charge in [0.05, 0.1) is 0 Å². The minimum absolute atomic E-state index is 0. The van der Waals surface area contributed by atoms with Crippen molar-refractivity contribution in [2.75, 3.05) is 13.3 Å². The van der Waals surface area contributed by atoms with Crippen LogP contribution in [0, 0.1) is 166 Å². The predicted molar refractivity (Wildman–Crippen MR) is 473 cm³/mol. The second-order valence-corrected chi connectivity index (χ2v) is 33.0. The van der Waals surface area contributed by atoms with Crippen LogP contribution in [0.15, 0.2) is 45.3 Å². The summed E-state index contributed by atoms with van der Waals surface area (Å²) in [7, 11) is 0. The molecular formula is C94H88N28O6. The highest BCUT2D eigenvalue weighted by atomic mass is 16.2. The Morgan fingerprint density at radius 2 is 0.344 bits per heavy atom. The molecule has 6 aliphatic carbocycles. The highest BCUT2D eigenvalue weighted by Gasteiger charge is 2.42. The van der Waals surface area contributed by atoms with Crippen molar-refractivity contribution in [2.45, 2.75) is 181 Å². The van der Waals surface area contributed by atoms with E-state index in [-0.39, 0.29) is 49.6 Å². The van der Waals surface area contributed by atoms with Crippen LogP contribution in [0.2, 0.25) is 0 Å². The number of carbonyl (C=O) groups is 6. The molecule has 0 spiro atoms. The molecule has 0 radical (unpaired) electrons. The number of carbonyl (C=O) groups excluding carboxylic acids is 6. The minimum Gasteiger partial charge on any atom is -0.287 e. The summed E-state index contributed by atoms with van der Waals surface area (Å²) in [4.78, 5) is 145. The number of hydrogen-bond acceptors (Lipinski definition) is 30. The van der Waals surface area contributed by atoms with Gasteiger partial charge in [-0.25, -0.2) is 59.8 Å². The van der Waals surface area contributed by atoms with Gasteiger partial charge < -0.3 is 0 Å². The van der Waals surface area contributed by atoms with E-state index in [9.17, 15) is 28.8 Å². The normalized spacial score (nSPS) is 13.2. The molecule has 34 nitrogen and oxygen atoms in total. The maximum atomic E-state index is 12.7. The molecule has 0 atom stereocenters. The van der Waals surface area contributed by atoms with Crippen LogP contribution < -0.4 is 22.0 Å². The molecule has 34 heteroatoms. The van der Waals surface area contributed by atoms with Gasteiger partial charge in [0.1, 0.15) is 95.6 Å². The first kappa shape index (κ1) is 84.8. The second-order valence-electron chi connectivity index (χ2n) is 33.0. The Bertz CT molecular complexity index is 7440. The van der Waals surface area contributed by atoms with E-state index in [1.807, 2.05) is 111 Å². The molecule has 0 saturated carbocycles. The molecular weight excluding hydrogens is 1620 g/mol. The quantitative estimate of drug-likeness (QED) is 0.136. The number of benzene rings is 6. The third-order valence-electron chi connectivity index (χ3n) is 27.4. The van der Waals surface area contributed by atoms with Gasteiger partial charge in [0.15, 0.2) is 33.3 Å². The van der Waals surface area contributed by atoms with Gasteiger partial charge in [-0.15, -0.1) is 59.3 Å². The molecule has 24 rings (SSSR count). The number of fused-ring (bicyclic) bond motifs is 24. The lowest BCUT2D eigenvalue weighted by atomic mass is 9.90. The molecule has 2 aliphatic heterocycles. The lowest BCUT2D eigenvalue weighted by molar-refractivity contribution is 0.102. The first-order chi connectivity index (χ1) is 60.0. The van der Waals surface area contributed by atoms with E-state index >= 15 is 0 Å². The Balaban J connectivity index is 0.000000108. The SMILES string of the molecule is C.C.Cc1c(C)c(C)c2c(c1C)C(=O)c1nc3c(nc1-2)=NCN=3.Cc1c(C)c(C)c2c(c1C)C(=O)c1nc3c(nc1-2)=NCN=3.Cc1c(C)c(C)c2c(c1C)C(=O)c1nc3ncnn3nc1-2.Cc1c(C)c(C)c2c(c1C)C(=O)c1nc3ncnn3nc1-2.Cc1c(C)c(C)c2c(c1C)C(=O)c1nn3ncnc3nc1-2.Cc1c(C)c(C)c2c(c1C)C(=O)c1nn3ncnc3nc1-2. The van der Waals surface area contributed by atoms with E-state index in [0.29, 0.717) is 127 Å². The largest absolute Gasteiger partial charge is 0.287 e. The number of aromatic nitrogens is 24. The first-order valence-corrected chi connectivity index (χ1v) is 40.8. The number of rotatable bonds is 0. The van der Waals surface area contributed by atoms with Gasteiger partial charge in [0.2, 0.25) is 34.7 Å². The maximum absolute atomic E-state index is 12.7. The van der Waals surface area contributed by atoms with Crippen molar-refractivity contribution in [2.24, 2.45) is 20.0 Å². The fourth-order valence-electron chi connectivity index (χ4n) is 18.3. The lowest BCUT2D eigenvalue weighted by Gasteiger charge is -2.14. The highest BCUT2D eigenvalue weighted by Crippen LogP contribution is 2.48. The van der Waals surface area contributed by atoms with Gasteiger partial charge in [-0.2, -0.15) is 19.9 Å². The summed E-state index contributed by atoms with van der Waals surface area (Å²) in [5.41, 5.74) is 44.6. The monoisotopic (exact) mass is 1700 g/mol. The Labute approximate surface area is 732 Å². The van der Waals surface area contributed by atoms with Crippen LogP contribution in [0.4, 0.5) is 0 Å². The van der Waals surface area contributed by atoms with Gasteiger partial charge in [0.25, 0.3) is 23.1 Å². The lowest BCUT2D eigenvalue weighted by Crippen LogP contribution is -2.31. The molecule has 6 aromatic carbocycles. The van der Waals surface area contributed by atoms with Crippen LogP contribution in [0.25, 0.3) is 90.7 Å². The van der Waals surface area contributed by atoms with Crippen LogP contribution in [-0.4, -0.2) is 167 Å². The fraction of sp³-hybridized carbons (Fsp3) is 0.298. The van der Waals surface area contributed by atoms with Crippen molar-refractivity contribution >= 4 is 57.8 Å². The summed E-state index contributed by atoms with van der Waals surface area (Å²) in [6.45, 7) is 49.5. The van der Waals surface area contributed by atoms with E-state index in [1.165, 1.54) is 77.2 Å². The topological polar surface area (TPSA) is 427 Å². The fourth-order valence-corrected chi connectivity index (χ4v) is 18.3. The molecule has 0 unspecified atom stereocenters. The van der Waals surface area contributed by atoms with E-state index in [0.717, 1.165) is 167 Å². The number of nitrogens with zero attached hydrogens (tertiary/aromatic N) is 28. The molecule has 12 heterocycles. The average molecular weight is 1710 g/mol. The van der Waals surface area contributed by atoms with Crippen molar-refractivity contribution in [3.05, 3.63) is 248 Å². The van der Waals surface area contributed by atoms with Crippen LogP contribution in [-0.2, 0) is 0 Å². The summed E-state index contributed by atoms with van der Waals surface area (Å²) in [6, 6.07) is 0. The van der Waals surface area contributed by atoms with Crippen LogP contribution in [0.3, 0.4) is 0 Å². The molecule has 0 amide bonds. The Morgan fingerprint density at radius 1 is 0.188 bits per heavy atom. The number of ketones is 6. The first-order valence-electron chi connectivity index (χ1n) is 40.8. The molecule has 10 aromatic heterocycles. The molecule has 16 aromatic rings. The summed E-state index contributed by atoms with van der Waals surface area (Å²) in [5.74, 6) is 1.14. The van der Waals surface area contributed by atoms with Crippen molar-refractivity contribution < 1.29 is 28.8 Å². The van der Waals surface area contributed by atoms with Gasteiger partial charge in [-0.05, 0) is 300 Å². The zero-order valence-corrected chi connectivity index (χ0v) is 73.7. The zero-order chi connectivity index (χ0) is 89.3. The molecule has 640 valence electrons. The van der Waals surface area contributed by atoms with Crippen LogP contribution in [0.1, 0.15) is 245 Å². The minimum atomic E-state index is -0.0754. The standard InChI is InChI=1S/2C16H14N4O.4C15H13N5O.2CH4/c2*1-6-7(2)9(4)11-10(8(6)3)12-13(14(11)21)20-16-15(19-12)17-5-18-16;2*1-6-7(2)9(4)11-10(8(6)3)12-13(14(11)21)18-15-16-5-17-20(15)19-12;2*1-6-7(2)9(4)11-10(8(6)3)12-13(14(11)21)19-20-15(18-12)16-5-17-20;;/h2*5H2,1-4H3;4*5H,1-4H3;2*1H4. The molecule has 0 saturated heterocycles. The van der Waals surface area contributed by atoms with Gasteiger partial charge in [-0.3, -0.25) is 28.8 Å². The summed E-state index contributed by atoms with van der Waals surface area (Å²) >= 11 is 0. The molecule has 0 bridgehead atoms. The van der Waals surface area contributed by atoms with Gasteiger partial charge in [0, 0.05) is 66.8 Å². The molecule has 128 heavy (non-hydrogen) atoms. The molecule has 0 fully saturated rings. The van der Waals surface area contributed by atoms with Crippen LogP contribution >= 0.6 is 0 Å². The van der Waals surface area contributed by atoms with Crippen molar-refractivity contribution in [3.63, 3.8) is 0 Å². The third-order valence-corrected chi connectivity index (χ3v) is 27.4. The predicted octanol–water partition coefficient (Wildman–Crippen LogP) is 11.4. The van der Waals surface area contributed by atoms with Crippen molar-refractivity contribution in [1.82, 2.24) is 119 Å². The van der Waals surface area contributed by atoms with Crippen molar-refractivity contribution in [3.8, 4) is 67.5 Å². The van der Waals surface area contributed by atoms with E-state index < -0.39 is 0 Å².